The Kier molecular flexibility index (Phi) is 4.54. The molecule has 3 heteroatoms. The molecule has 0 aliphatic rings. The molecule has 2 atom stereocenters. The molecule has 0 unspecified atom stereocenters. The van der Waals surface area contributed by atoms with Gasteiger partial charge in [0.25, 0.3) is 0 Å². The second-order valence-corrected chi connectivity index (χ2v) is 5.34. The van der Waals surface area contributed by atoms with Crippen LogP contribution in [0.1, 0.15) is 31.7 Å². The SMILES string of the molecule is CC[C@H](c1cccc(O)c1)[C@H](C)C[N+](C)(C)[O-]. The van der Waals surface area contributed by atoms with Crippen molar-refractivity contribution in [2.75, 3.05) is 20.6 Å². The molecule has 0 amide bonds. The molecule has 1 N–H and O–H groups in total. The molecule has 1 aromatic carbocycles. The van der Waals surface area contributed by atoms with Crippen molar-refractivity contribution in [3.05, 3.63) is 35.0 Å². The van der Waals surface area contributed by atoms with Crippen molar-refractivity contribution in [1.82, 2.24) is 0 Å². The molecule has 17 heavy (non-hydrogen) atoms. The van der Waals surface area contributed by atoms with Crippen LogP contribution >= 0.6 is 0 Å². The zero-order chi connectivity index (χ0) is 13.1. The quantitative estimate of drug-likeness (QED) is 0.631. The molecule has 0 saturated carbocycles. The van der Waals surface area contributed by atoms with Crippen LogP contribution in [-0.2, 0) is 0 Å². The van der Waals surface area contributed by atoms with E-state index >= 15 is 0 Å². The average Bonchev–Trinajstić information content (AvgIpc) is 2.15. The standard InChI is InChI=1S/C14H23NO2/c1-5-14(11(2)10-15(3,4)17)12-7-6-8-13(16)9-12/h6-9,11,14,16H,5,10H2,1-4H3/t11-,14+/m1/s1. The van der Waals surface area contributed by atoms with Crippen LogP contribution < -0.4 is 0 Å². The number of nitrogens with zero attached hydrogens (tertiary/aromatic N) is 1. The van der Waals surface area contributed by atoms with E-state index in [0.717, 1.165) is 12.0 Å². The van der Waals surface area contributed by atoms with Gasteiger partial charge in [0.05, 0.1) is 20.6 Å². The van der Waals surface area contributed by atoms with Crippen LogP contribution in [0.4, 0.5) is 0 Å². The van der Waals surface area contributed by atoms with Crippen molar-refractivity contribution in [1.29, 1.82) is 0 Å². The Balaban J connectivity index is 2.84. The van der Waals surface area contributed by atoms with E-state index in [1.165, 1.54) is 0 Å². The monoisotopic (exact) mass is 237 g/mol. The van der Waals surface area contributed by atoms with E-state index in [1.54, 1.807) is 26.2 Å². The van der Waals surface area contributed by atoms with E-state index < -0.39 is 0 Å². The molecule has 0 saturated heterocycles. The van der Waals surface area contributed by atoms with Crippen LogP contribution in [0.3, 0.4) is 0 Å². The lowest BCUT2D eigenvalue weighted by Gasteiger charge is -2.38. The van der Waals surface area contributed by atoms with E-state index in [0.29, 0.717) is 24.1 Å². The predicted molar refractivity (Wildman–Crippen MR) is 70.6 cm³/mol. The summed E-state index contributed by atoms with van der Waals surface area (Å²) in [4.78, 5) is 0. The van der Waals surface area contributed by atoms with E-state index in [9.17, 15) is 10.3 Å². The van der Waals surface area contributed by atoms with Gasteiger partial charge in [-0.1, -0.05) is 26.0 Å². The lowest BCUT2D eigenvalue weighted by Crippen LogP contribution is -2.38. The molecular weight excluding hydrogens is 214 g/mol. The number of rotatable bonds is 5. The van der Waals surface area contributed by atoms with Crippen molar-refractivity contribution in [2.45, 2.75) is 26.2 Å². The number of hydrogen-bond donors (Lipinski definition) is 1. The highest BCUT2D eigenvalue weighted by Crippen LogP contribution is 2.30. The Hall–Kier alpha value is -1.06. The summed E-state index contributed by atoms with van der Waals surface area (Å²) in [5.41, 5.74) is 1.12. The van der Waals surface area contributed by atoms with Gasteiger partial charge in [0.1, 0.15) is 5.75 Å². The van der Waals surface area contributed by atoms with E-state index in [-0.39, 0.29) is 4.65 Å². The third-order valence-corrected chi connectivity index (χ3v) is 3.15. The van der Waals surface area contributed by atoms with Gasteiger partial charge in [-0.25, -0.2) is 0 Å². The predicted octanol–water partition coefficient (Wildman–Crippen LogP) is 3.10. The lowest BCUT2D eigenvalue weighted by molar-refractivity contribution is -0.843. The summed E-state index contributed by atoms with van der Waals surface area (Å²) < 4.78 is -0.267. The minimum atomic E-state index is -0.267. The highest BCUT2D eigenvalue weighted by molar-refractivity contribution is 5.30. The Bertz CT molecular complexity index is 357. The highest BCUT2D eigenvalue weighted by Gasteiger charge is 2.21. The minimum Gasteiger partial charge on any atom is -0.633 e. The zero-order valence-corrected chi connectivity index (χ0v) is 11.2. The van der Waals surface area contributed by atoms with Gasteiger partial charge in [-0.2, -0.15) is 0 Å². The van der Waals surface area contributed by atoms with Gasteiger partial charge >= 0.3 is 0 Å². The largest absolute Gasteiger partial charge is 0.633 e. The van der Waals surface area contributed by atoms with E-state index in [4.69, 9.17) is 0 Å². The van der Waals surface area contributed by atoms with Crippen LogP contribution in [-0.4, -0.2) is 30.4 Å². The van der Waals surface area contributed by atoms with E-state index in [2.05, 4.69) is 13.8 Å². The fraction of sp³-hybridized carbons (Fsp3) is 0.571. The summed E-state index contributed by atoms with van der Waals surface area (Å²) in [6.07, 6.45) is 0.977. The number of hydrogen-bond acceptors (Lipinski definition) is 2. The van der Waals surface area contributed by atoms with Crippen LogP contribution in [0.2, 0.25) is 0 Å². The van der Waals surface area contributed by atoms with Gasteiger partial charge in [0.15, 0.2) is 0 Å². The molecule has 0 radical (unpaired) electrons. The Morgan fingerprint density at radius 2 is 2.00 bits per heavy atom. The number of benzene rings is 1. The van der Waals surface area contributed by atoms with Crippen molar-refractivity contribution in [3.8, 4) is 5.75 Å². The smallest absolute Gasteiger partial charge is 0.115 e. The Labute approximate surface area is 104 Å². The molecule has 0 spiro atoms. The first-order chi connectivity index (χ1) is 7.83. The highest BCUT2D eigenvalue weighted by atomic mass is 16.5. The molecule has 0 bridgehead atoms. The van der Waals surface area contributed by atoms with Gasteiger partial charge in [0, 0.05) is 5.92 Å². The first kappa shape index (κ1) is 14.0. The molecule has 0 fully saturated rings. The van der Waals surface area contributed by atoms with Crippen molar-refractivity contribution < 1.29 is 9.75 Å². The summed E-state index contributed by atoms with van der Waals surface area (Å²) in [5.74, 6) is 0.923. The average molecular weight is 237 g/mol. The van der Waals surface area contributed by atoms with E-state index in [1.807, 2.05) is 12.1 Å². The molecule has 1 rings (SSSR count). The minimum absolute atomic E-state index is 0.267. The van der Waals surface area contributed by atoms with Crippen LogP contribution in [0.5, 0.6) is 5.75 Å². The molecule has 3 nitrogen and oxygen atoms in total. The summed E-state index contributed by atoms with van der Waals surface area (Å²) in [7, 11) is 3.34. The molecule has 96 valence electrons. The lowest BCUT2D eigenvalue weighted by atomic mass is 9.85. The van der Waals surface area contributed by atoms with Crippen molar-refractivity contribution in [3.63, 3.8) is 0 Å². The Morgan fingerprint density at radius 3 is 2.47 bits per heavy atom. The fourth-order valence-corrected chi connectivity index (χ4v) is 2.54. The molecule has 1 aromatic rings. The van der Waals surface area contributed by atoms with Gasteiger partial charge in [-0.3, -0.25) is 0 Å². The van der Waals surface area contributed by atoms with Crippen molar-refractivity contribution >= 4 is 0 Å². The van der Waals surface area contributed by atoms with Crippen LogP contribution in [0, 0.1) is 11.1 Å². The molecule has 0 aliphatic carbocycles. The molecule has 0 aromatic heterocycles. The second kappa shape index (κ2) is 5.52. The first-order valence-corrected chi connectivity index (χ1v) is 6.16. The van der Waals surface area contributed by atoms with Gasteiger partial charge in [-0.15, -0.1) is 0 Å². The molecule has 0 aliphatic heterocycles. The summed E-state index contributed by atoms with van der Waals surface area (Å²) in [6.45, 7) is 4.82. The van der Waals surface area contributed by atoms with Crippen LogP contribution in [0.15, 0.2) is 24.3 Å². The summed E-state index contributed by atoms with van der Waals surface area (Å²) in [6, 6.07) is 7.36. The second-order valence-electron chi connectivity index (χ2n) is 5.34. The van der Waals surface area contributed by atoms with Gasteiger partial charge in [-0.05, 0) is 30.0 Å². The zero-order valence-electron chi connectivity index (χ0n) is 11.2. The number of hydroxylamine groups is 3. The third kappa shape index (κ3) is 4.36. The van der Waals surface area contributed by atoms with Crippen molar-refractivity contribution in [2.24, 2.45) is 5.92 Å². The molecular formula is C14H23NO2. The number of aromatic hydroxyl groups is 1. The maximum absolute atomic E-state index is 11.7. The summed E-state index contributed by atoms with van der Waals surface area (Å²) in [5, 5.41) is 21.2. The number of phenols is 1. The van der Waals surface area contributed by atoms with Gasteiger partial charge in [0.2, 0.25) is 0 Å². The first-order valence-electron chi connectivity index (χ1n) is 6.16. The summed E-state index contributed by atoms with van der Waals surface area (Å²) >= 11 is 0. The third-order valence-electron chi connectivity index (χ3n) is 3.15. The number of quaternary nitrogens is 1. The maximum atomic E-state index is 11.7. The topological polar surface area (TPSA) is 43.3 Å². The Morgan fingerprint density at radius 1 is 1.35 bits per heavy atom. The fourth-order valence-electron chi connectivity index (χ4n) is 2.54. The van der Waals surface area contributed by atoms with Crippen LogP contribution in [0.25, 0.3) is 0 Å². The number of phenolic OH excluding ortho intramolecular Hbond substituents is 1. The maximum Gasteiger partial charge on any atom is 0.115 e. The molecule has 0 heterocycles. The van der Waals surface area contributed by atoms with Gasteiger partial charge < -0.3 is 15.0 Å². The normalized spacial score (nSPS) is 15.6.